The maximum absolute atomic E-state index is 12.6. The van der Waals surface area contributed by atoms with Gasteiger partial charge in [-0.15, -0.1) is 0 Å². The SMILES string of the molecule is CCOC(=O)C1=Cc2cc(-c3ccc(C(=O)N4CCCC4)cc3)ccc2N=C(N(C)C)C1.CCOC(=O)C1=Cc2cc(-c3ccc(C(=O)N4CCCC4)cc3)ccc2NC(=NC)C1. The van der Waals surface area contributed by atoms with Crippen LogP contribution < -0.4 is 5.32 Å². The topological polar surface area (TPSA) is 133 Å². The first kappa shape index (κ1) is 44.2. The van der Waals surface area contributed by atoms with Gasteiger partial charge in [-0.05, 0) is 128 Å². The van der Waals surface area contributed by atoms with E-state index in [-0.39, 0.29) is 23.8 Å². The van der Waals surface area contributed by atoms with E-state index >= 15 is 0 Å². The summed E-state index contributed by atoms with van der Waals surface area (Å²) >= 11 is 0. The van der Waals surface area contributed by atoms with Crippen LogP contribution in [0.4, 0.5) is 11.4 Å². The molecule has 0 spiro atoms. The van der Waals surface area contributed by atoms with Crippen molar-refractivity contribution in [3.05, 3.63) is 118 Å². The van der Waals surface area contributed by atoms with Crippen LogP contribution in [0.5, 0.6) is 0 Å². The molecule has 0 aromatic heterocycles. The average Bonchev–Trinajstić information content (AvgIpc) is 3.98. The van der Waals surface area contributed by atoms with E-state index in [1.54, 1.807) is 20.9 Å². The van der Waals surface area contributed by atoms with Crippen LogP contribution in [0.1, 0.15) is 84.2 Å². The third-order valence-corrected chi connectivity index (χ3v) is 11.6. The molecule has 0 atom stereocenters. The number of amidine groups is 2. The number of nitrogens with zero attached hydrogens (tertiary/aromatic N) is 5. The summed E-state index contributed by atoms with van der Waals surface area (Å²) < 4.78 is 10.5. The summed E-state index contributed by atoms with van der Waals surface area (Å²) in [5.41, 5.74) is 10.1. The Morgan fingerprint density at radius 3 is 1.59 bits per heavy atom. The number of esters is 2. The Kier molecular flexibility index (Phi) is 14.3. The van der Waals surface area contributed by atoms with Crippen LogP contribution in [0, 0.1) is 0 Å². The van der Waals surface area contributed by atoms with E-state index in [4.69, 9.17) is 14.5 Å². The lowest BCUT2D eigenvalue weighted by Gasteiger charge is -2.15. The van der Waals surface area contributed by atoms with Crippen molar-refractivity contribution in [1.82, 2.24) is 14.7 Å². The van der Waals surface area contributed by atoms with E-state index in [1.807, 2.05) is 126 Å². The van der Waals surface area contributed by atoms with Gasteiger partial charge in [0.25, 0.3) is 11.8 Å². The third-order valence-electron chi connectivity index (χ3n) is 11.6. The van der Waals surface area contributed by atoms with Gasteiger partial charge >= 0.3 is 11.9 Å². The molecule has 4 aromatic rings. The largest absolute Gasteiger partial charge is 0.463 e. The third kappa shape index (κ3) is 10.6. The molecule has 2 saturated heterocycles. The van der Waals surface area contributed by atoms with Crippen molar-refractivity contribution in [2.24, 2.45) is 9.98 Å². The van der Waals surface area contributed by atoms with Crippen molar-refractivity contribution in [3.8, 4) is 22.3 Å². The summed E-state index contributed by atoms with van der Waals surface area (Å²) in [6, 6.07) is 27.6. The van der Waals surface area contributed by atoms with Gasteiger partial charge in [0.1, 0.15) is 11.7 Å². The van der Waals surface area contributed by atoms with Crippen molar-refractivity contribution >= 4 is 59.0 Å². The van der Waals surface area contributed by atoms with Crippen molar-refractivity contribution in [1.29, 1.82) is 0 Å². The molecule has 2 fully saturated rings. The van der Waals surface area contributed by atoms with Crippen LogP contribution in [-0.2, 0) is 19.1 Å². The molecule has 8 rings (SSSR count). The molecule has 63 heavy (non-hydrogen) atoms. The molecule has 0 bridgehead atoms. The number of nitrogens with one attached hydrogen (secondary N) is 1. The quantitative estimate of drug-likeness (QED) is 0.174. The molecular formula is C51H56N6O6. The minimum Gasteiger partial charge on any atom is -0.463 e. The fourth-order valence-corrected chi connectivity index (χ4v) is 8.05. The van der Waals surface area contributed by atoms with Gasteiger partial charge in [-0.25, -0.2) is 14.6 Å². The van der Waals surface area contributed by atoms with Crippen molar-refractivity contribution in [2.75, 3.05) is 65.9 Å². The highest BCUT2D eigenvalue weighted by Crippen LogP contribution is 2.34. The van der Waals surface area contributed by atoms with E-state index in [1.165, 1.54) is 0 Å². The lowest BCUT2D eigenvalue weighted by atomic mass is 9.99. The molecular weight excluding hydrogens is 793 g/mol. The standard InChI is InChI=1S/C26H29N3O3.C25H27N3O3/c1-4-32-26(31)22-16-21-15-20(11-12-23(21)27-24(17-22)28(2)3)18-7-9-19(10-8-18)25(30)29-13-5-6-14-29;1-3-31-25(30)21-15-20-14-19(10-11-22(20)27-23(16-21)26-2)17-6-8-18(9-7-17)24(29)28-12-4-5-13-28/h7-12,15-16H,4-6,13-14,17H2,1-3H3;6-11,14-15H,3-5,12-13,16H2,1-2H3,(H,26,27). The Bertz CT molecular complexity index is 2470. The number of carbonyl (C=O) groups is 4. The van der Waals surface area contributed by atoms with Gasteiger partial charge in [0.15, 0.2) is 0 Å². The molecule has 4 aliphatic heterocycles. The van der Waals surface area contributed by atoms with Gasteiger partial charge in [0.05, 0.1) is 18.9 Å². The molecule has 1 N–H and O–H groups in total. The van der Waals surface area contributed by atoms with E-state index in [0.717, 1.165) is 119 Å². The van der Waals surface area contributed by atoms with Crippen LogP contribution in [0.25, 0.3) is 34.4 Å². The number of likely N-dealkylation sites (tertiary alicyclic amines) is 2. The number of rotatable bonds is 8. The highest BCUT2D eigenvalue weighted by atomic mass is 16.5. The molecule has 12 nitrogen and oxygen atoms in total. The average molecular weight is 849 g/mol. The van der Waals surface area contributed by atoms with Crippen LogP contribution in [0.3, 0.4) is 0 Å². The van der Waals surface area contributed by atoms with Crippen LogP contribution in [0.15, 0.2) is 106 Å². The molecule has 0 saturated carbocycles. The first-order valence-electron chi connectivity index (χ1n) is 21.9. The summed E-state index contributed by atoms with van der Waals surface area (Å²) in [5, 5.41) is 3.31. The zero-order chi connectivity index (χ0) is 44.5. The number of aliphatic imine (C=N–C) groups is 2. The Hall–Kier alpha value is -6.82. The summed E-state index contributed by atoms with van der Waals surface area (Å²) in [5.74, 6) is 1.09. The second kappa shape index (κ2) is 20.4. The zero-order valence-corrected chi connectivity index (χ0v) is 36.9. The Balaban J connectivity index is 0.000000189. The molecule has 4 aromatic carbocycles. The second-order valence-corrected chi connectivity index (χ2v) is 16.1. The predicted octanol–water partition coefficient (Wildman–Crippen LogP) is 8.91. The van der Waals surface area contributed by atoms with E-state index < -0.39 is 0 Å². The van der Waals surface area contributed by atoms with Gasteiger partial charge in [0, 0.05) is 93.7 Å². The molecule has 4 heterocycles. The Morgan fingerprint density at radius 1 is 0.635 bits per heavy atom. The molecule has 0 unspecified atom stereocenters. The van der Waals surface area contributed by atoms with Crippen LogP contribution >= 0.6 is 0 Å². The number of carbonyl (C=O) groups excluding carboxylic acids is 4. The van der Waals surface area contributed by atoms with E-state index in [2.05, 4.69) is 10.3 Å². The molecule has 4 aliphatic rings. The van der Waals surface area contributed by atoms with Crippen LogP contribution in [0.2, 0.25) is 0 Å². The lowest BCUT2D eigenvalue weighted by Crippen LogP contribution is -2.27. The fraction of sp³-hybridized carbons (Fsp3) is 0.333. The highest BCUT2D eigenvalue weighted by molar-refractivity contribution is 6.09. The molecule has 0 aliphatic carbocycles. The van der Waals surface area contributed by atoms with Crippen LogP contribution in [-0.4, -0.2) is 111 Å². The van der Waals surface area contributed by atoms with Gasteiger partial charge in [-0.3, -0.25) is 14.6 Å². The second-order valence-electron chi connectivity index (χ2n) is 16.1. The first-order chi connectivity index (χ1) is 30.5. The number of benzene rings is 4. The molecule has 0 radical (unpaired) electrons. The van der Waals surface area contributed by atoms with Crippen molar-refractivity contribution < 1.29 is 28.7 Å². The summed E-state index contributed by atoms with van der Waals surface area (Å²) in [7, 11) is 5.55. The summed E-state index contributed by atoms with van der Waals surface area (Å²) in [6.07, 6.45) is 8.89. The number of amides is 2. The Labute approximate surface area is 370 Å². The fourth-order valence-electron chi connectivity index (χ4n) is 8.05. The minimum atomic E-state index is -0.325. The van der Waals surface area contributed by atoms with Gasteiger partial charge in [-0.1, -0.05) is 36.4 Å². The highest BCUT2D eigenvalue weighted by Gasteiger charge is 2.23. The molecule has 2 amide bonds. The normalized spacial score (nSPS) is 16.1. The number of hydrogen-bond donors (Lipinski definition) is 1. The van der Waals surface area contributed by atoms with E-state index in [0.29, 0.717) is 37.2 Å². The van der Waals surface area contributed by atoms with Gasteiger partial charge in [0.2, 0.25) is 0 Å². The zero-order valence-electron chi connectivity index (χ0n) is 36.9. The Morgan fingerprint density at radius 2 is 1.10 bits per heavy atom. The predicted molar refractivity (Wildman–Crippen MR) is 250 cm³/mol. The minimum absolute atomic E-state index is 0.101. The van der Waals surface area contributed by atoms with E-state index in [9.17, 15) is 19.2 Å². The summed E-state index contributed by atoms with van der Waals surface area (Å²) in [4.78, 5) is 64.9. The maximum atomic E-state index is 12.6. The van der Waals surface area contributed by atoms with Gasteiger partial charge < -0.3 is 29.5 Å². The molecule has 12 heteroatoms. The summed E-state index contributed by atoms with van der Waals surface area (Å²) in [6.45, 7) is 7.64. The smallest absolute Gasteiger partial charge is 0.334 e. The monoisotopic (exact) mass is 848 g/mol. The molecule has 326 valence electrons. The lowest BCUT2D eigenvalue weighted by molar-refractivity contribution is -0.139. The number of ether oxygens (including phenoxy) is 2. The maximum Gasteiger partial charge on any atom is 0.334 e. The van der Waals surface area contributed by atoms with Crippen molar-refractivity contribution in [3.63, 3.8) is 0 Å². The van der Waals surface area contributed by atoms with Gasteiger partial charge in [-0.2, -0.15) is 0 Å². The van der Waals surface area contributed by atoms with Crippen molar-refractivity contribution in [2.45, 2.75) is 52.4 Å². The number of anilines is 1. The number of hydrogen-bond acceptors (Lipinski definition) is 9. The number of fused-ring (bicyclic) bond motifs is 2. The first-order valence-corrected chi connectivity index (χ1v) is 21.9.